The van der Waals surface area contributed by atoms with Crippen molar-refractivity contribution in [1.82, 2.24) is 34.7 Å². The van der Waals surface area contributed by atoms with E-state index in [1.54, 1.807) is 11.4 Å². The third-order valence-electron chi connectivity index (χ3n) is 5.81. The van der Waals surface area contributed by atoms with Crippen LogP contribution in [0.2, 0.25) is 5.02 Å². The van der Waals surface area contributed by atoms with E-state index in [-0.39, 0.29) is 22.2 Å². The van der Waals surface area contributed by atoms with E-state index in [4.69, 9.17) is 11.6 Å². The van der Waals surface area contributed by atoms with Gasteiger partial charge < -0.3 is 15.3 Å². The molecule has 1 aliphatic rings. The summed E-state index contributed by atoms with van der Waals surface area (Å²) in [6.07, 6.45) is 0.817. The second-order valence-corrected chi connectivity index (χ2v) is 9.63. The normalized spacial score (nSPS) is 14.2. The van der Waals surface area contributed by atoms with Gasteiger partial charge in [0.15, 0.2) is 11.5 Å². The molecule has 0 aliphatic carbocycles. The van der Waals surface area contributed by atoms with Crippen LogP contribution in [0.5, 0.6) is 0 Å². The monoisotopic (exact) mass is 561 g/mol. The van der Waals surface area contributed by atoms with Gasteiger partial charge in [-0.05, 0) is 17.5 Å². The van der Waals surface area contributed by atoms with Crippen LogP contribution in [0.25, 0.3) is 21.6 Å². The lowest BCUT2D eigenvalue weighted by molar-refractivity contribution is -0.143. The molecular weight excluding hydrogens is 547 g/mol. The van der Waals surface area contributed by atoms with Crippen molar-refractivity contribution >= 4 is 50.4 Å². The first-order valence-electron chi connectivity index (χ1n) is 11.0. The molecule has 1 aliphatic heterocycles. The predicted molar refractivity (Wildman–Crippen MR) is 132 cm³/mol. The van der Waals surface area contributed by atoms with Gasteiger partial charge in [-0.2, -0.15) is 28.5 Å². The highest BCUT2D eigenvalue weighted by Crippen LogP contribution is 2.39. The average molecular weight is 562 g/mol. The smallest absolute Gasteiger partial charge is 0.389 e. The maximum Gasteiger partial charge on any atom is 0.434 e. The van der Waals surface area contributed by atoms with Crippen molar-refractivity contribution in [3.05, 3.63) is 64.8 Å². The minimum Gasteiger partial charge on any atom is -0.389 e. The van der Waals surface area contributed by atoms with E-state index in [0.717, 1.165) is 11.0 Å². The highest BCUT2D eigenvalue weighted by molar-refractivity contribution is 7.17. The molecule has 0 bridgehead atoms. The number of carbonyl (C=O) groups is 1. The van der Waals surface area contributed by atoms with Crippen LogP contribution in [0.4, 0.5) is 24.7 Å². The number of rotatable bonds is 5. The Morgan fingerprint density at radius 1 is 1.11 bits per heavy atom. The van der Waals surface area contributed by atoms with Crippen LogP contribution in [0.3, 0.4) is 0 Å². The van der Waals surface area contributed by atoms with E-state index in [2.05, 4.69) is 30.6 Å². The fraction of sp³-hybridized carbons (Fsp3) is 0.182. The number of aliphatic hydroxyl groups is 1. The third-order valence-corrected chi connectivity index (χ3v) is 7.00. The van der Waals surface area contributed by atoms with Gasteiger partial charge in [0.25, 0.3) is 5.91 Å². The van der Waals surface area contributed by atoms with Crippen LogP contribution in [0.1, 0.15) is 16.1 Å². The summed E-state index contributed by atoms with van der Waals surface area (Å²) in [5.41, 5.74) is -1.81. The zero-order chi connectivity index (χ0) is 26.6. The third kappa shape index (κ3) is 4.13. The molecule has 11 nitrogen and oxygen atoms in total. The molecule has 1 fully saturated rings. The number of amides is 1. The predicted octanol–water partition coefficient (Wildman–Crippen LogP) is 3.56. The van der Waals surface area contributed by atoms with Crippen molar-refractivity contribution in [2.24, 2.45) is 0 Å². The molecule has 0 aromatic carbocycles. The fourth-order valence-corrected chi connectivity index (χ4v) is 5.27. The molecule has 2 N–H and O–H groups in total. The lowest BCUT2D eigenvalue weighted by atomic mass is 10.1. The quantitative estimate of drug-likeness (QED) is 0.333. The van der Waals surface area contributed by atoms with E-state index in [1.165, 1.54) is 42.2 Å². The van der Waals surface area contributed by atoms with Crippen LogP contribution < -0.4 is 10.2 Å². The molecule has 5 aromatic rings. The van der Waals surface area contributed by atoms with Crippen LogP contribution in [-0.4, -0.2) is 64.9 Å². The number of aromatic nitrogens is 7. The number of anilines is 2. The number of hydrogen-bond acceptors (Lipinski definition) is 9. The Hall–Kier alpha value is -4.08. The van der Waals surface area contributed by atoms with Crippen molar-refractivity contribution < 1.29 is 23.1 Å². The Balaban J connectivity index is 1.35. The topological polar surface area (TPSA) is 127 Å². The number of nitrogens with zero attached hydrogens (tertiary/aromatic N) is 8. The number of fused-ring (bicyclic) bond motifs is 1. The lowest BCUT2D eigenvalue weighted by Gasteiger charge is -2.37. The first-order valence-corrected chi connectivity index (χ1v) is 12.2. The average Bonchev–Trinajstić information content (AvgIpc) is 3.62. The Bertz CT molecular complexity index is 1660. The highest BCUT2D eigenvalue weighted by atomic mass is 35.5. The summed E-state index contributed by atoms with van der Waals surface area (Å²) in [7, 11) is 0. The van der Waals surface area contributed by atoms with Gasteiger partial charge >= 0.3 is 6.18 Å². The summed E-state index contributed by atoms with van der Waals surface area (Å²) in [6, 6.07) is 3.00. The van der Waals surface area contributed by atoms with Crippen LogP contribution in [-0.2, 0) is 6.18 Å². The molecular formula is C22H15ClF3N9O2S. The standard InChI is InChI=1S/C22H15ClF3N9O2S/c23-15-5-11(6-27-19(15)35-29-2-3-30-35)32-21(37)14-7-31-34(18(14)22(24,25)26)16-8-28-20(33-9-12(36)10-33)17-13(16)1-4-38-17/h1-8,12,36H,9-10H2,(H,32,37). The zero-order valence-electron chi connectivity index (χ0n) is 19.0. The summed E-state index contributed by atoms with van der Waals surface area (Å²) in [6.45, 7) is 0.773. The summed E-state index contributed by atoms with van der Waals surface area (Å²) < 4.78 is 44.2. The van der Waals surface area contributed by atoms with Gasteiger partial charge in [-0.3, -0.25) is 4.79 Å². The van der Waals surface area contributed by atoms with E-state index in [0.29, 0.717) is 33.7 Å². The van der Waals surface area contributed by atoms with Crippen LogP contribution >= 0.6 is 22.9 Å². The number of hydrogen-bond donors (Lipinski definition) is 2. The van der Waals surface area contributed by atoms with Gasteiger partial charge in [-0.1, -0.05) is 11.6 Å². The van der Waals surface area contributed by atoms with Crippen molar-refractivity contribution in [2.45, 2.75) is 12.3 Å². The van der Waals surface area contributed by atoms with Gasteiger partial charge in [0.05, 0.1) is 63.7 Å². The molecule has 16 heteroatoms. The number of alkyl halides is 3. The number of nitrogens with one attached hydrogen (secondary N) is 1. The summed E-state index contributed by atoms with van der Waals surface area (Å²) in [5.74, 6) is -0.296. The lowest BCUT2D eigenvalue weighted by Crippen LogP contribution is -2.51. The summed E-state index contributed by atoms with van der Waals surface area (Å²) in [4.78, 5) is 24.4. The fourth-order valence-electron chi connectivity index (χ4n) is 4.10. The molecule has 6 heterocycles. The maximum absolute atomic E-state index is 14.3. The summed E-state index contributed by atoms with van der Waals surface area (Å²) in [5, 5.41) is 26.1. The second kappa shape index (κ2) is 9.04. The van der Waals surface area contributed by atoms with E-state index in [1.807, 2.05) is 4.90 Å². The number of β-amino-alcohol motifs (C(OH)–C–C–N with tert-alkyl or cyclic N) is 1. The molecule has 38 heavy (non-hydrogen) atoms. The molecule has 0 unspecified atom stereocenters. The van der Waals surface area contributed by atoms with Gasteiger partial charge in [0.1, 0.15) is 5.82 Å². The first kappa shape index (κ1) is 24.3. The summed E-state index contributed by atoms with van der Waals surface area (Å²) >= 11 is 7.52. The number of thiophene rings is 1. The second-order valence-electron chi connectivity index (χ2n) is 8.31. The molecule has 0 saturated carbocycles. The minimum atomic E-state index is -4.92. The number of pyridine rings is 2. The molecule has 6 rings (SSSR count). The van der Waals surface area contributed by atoms with Crippen LogP contribution in [0.15, 0.2) is 48.5 Å². The highest BCUT2D eigenvalue weighted by Gasteiger charge is 2.41. The van der Waals surface area contributed by atoms with Gasteiger partial charge in [-0.25, -0.2) is 14.6 Å². The maximum atomic E-state index is 14.3. The Kier molecular flexibility index (Phi) is 5.77. The van der Waals surface area contributed by atoms with E-state index < -0.39 is 29.4 Å². The molecule has 5 aromatic heterocycles. The Morgan fingerprint density at radius 3 is 2.53 bits per heavy atom. The van der Waals surface area contributed by atoms with Crippen molar-refractivity contribution in [3.8, 4) is 11.5 Å². The van der Waals surface area contributed by atoms with Gasteiger partial charge in [-0.15, -0.1) is 16.1 Å². The molecule has 0 spiro atoms. The molecule has 1 saturated heterocycles. The Morgan fingerprint density at radius 2 is 1.84 bits per heavy atom. The molecule has 0 radical (unpaired) electrons. The minimum absolute atomic E-state index is 0.0678. The van der Waals surface area contributed by atoms with E-state index in [9.17, 15) is 23.1 Å². The van der Waals surface area contributed by atoms with Gasteiger partial charge in [0, 0.05) is 18.5 Å². The number of halogens is 4. The zero-order valence-corrected chi connectivity index (χ0v) is 20.5. The SMILES string of the molecule is O=C(Nc1cnc(-n2nccn2)c(Cl)c1)c1cnn(-c2cnc(N3CC(O)C3)c3sccc23)c1C(F)(F)F. The van der Waals surface area contributed by atoms with Crippen molar-refractivity contribution in [3.63, 3.8) is 0 Å². The number of aliphatic hydroxyl groups excluding tert-OH is 1. The first-order chi connectivity index (χ1) is 18.2. The van der Waals surface area contributed by atoms with Crippen LogP contribution in [0, 0.1) is 0 Å². The Labute approximate surface area is 220 Å². The number of carbonyl (C=O) groups excluding carboxylic acids is 1. The van der Waals surface area contributed by atoms with E-state index >= 15 is 0 Å². The van der Waals surface area contributed by atoms with Crippen molar-refractivity contribution in [2.75, 3.05) is 23.3 Å². The largest absolute Gasteiger partial charge is 0.434 e. The molecule has 1 amide bonds. The van der Waals surface area contributed by atoms with Crippen molar-refractivity contribution in [1.29, 1.82) is 0 Å². The van der Waals surface area contributed by atoms with Gasteiger partial charge in [0.2, 0.25) is 0 Å². The molecule has 0 atom stereocenters. The molecule has 194 valence electrons.